The lowest BCUT2D eigenvalue weighted by atomic mass is 10.1. The summed E-state index contributed by atoms with van der Waals surface area (Å²) in [5.74, 6) is -0.372. The second kappa shape index (κ2) is 8.22. The molecule has 144 valence electrons. The van der Waals surface area contributed by atoms with Crippen LogP contribution in [0, 0.1) is 0 Å². The van der Waals surface area contributed by atoms with Gasteiger partial charge in [-0.25, -0.2) is 12.7 Å². The van der Waals surface area contributed by atoms with Gasteiger partial charge in [0.2, 0.25) is 15.9 Å². The highest BCUT2D eigenvalue weighted by Crippen LogP contribution is 2.29. The van der Waals surface area contributed by atoms with Crippen molar-refractivity contribution in [2.45, 2.75) is 32.0 Å². The van der Waals surface area contributed by atoms with E-state index in [0.29, 0.717) is 25.9 Å². The molecule has 1 N–H and O–H groups in total. The number of rotatable bonds is 5. The Labute approximate surface area is 150 Å². The molecule has 9 heteroatoms. The average molecular weight is 390 g/mol. The van der Waals surface area contributed by atoms with Gasteiger partial charge in [0.25, 0.3) is 0 Å². The van der Waals surface area contributed by atoms with Gasteiger partial charge in [0.1, 0.15) is 0 Å². The fraction of sp³-hybridized carbons (Fsp3) is 0.471. The van der Waals surface area contributed by atoms with E-state index in [0.717, 1.165) is 12.1 Å². The summed E-state index contributed by atoms with van der Waals surface area (Å²) in [5, 5.41) is 2.75. The van der Waals surface area contributed by atoms with Crippen LogP contribution in [0.15, 0.2) is 30.3 Å². The number of hydrogen-bond acceptors (Lipinski definition) is 3. The minimum Gasteiger partial charge on any atom is -0.350 e. The molecule has 26 heavy (non-hydrogen) atoms. The zero-order valence-corrected chi connectivity index (χ0v) is 15.1. The lowest BCUT2D eigenvalue weighted by Gasteiger charge is -2.31. The Kier molecular flexibility index (Phi) is 6.46. The summed E-state index contributed by atoms with van der Waals surface area (Å²) in [6, 6.07) is 4.54. The molecule has 1 amide bonds. The molecule has 0 atom stereocenters. The van der Waals surface area contributed by atoms with Gasteiger partial charge in [-0.3, -0.25) is 4.79 Å². The molecule has 1 aliphatic heterocycles. The maximum absolute atomic E-state index is 12.7. The third kappa shape index (κ3) is 5.57. The number of sulfonamides is 1. The van der Waals surface area contributed by atoms with Crippen LogP contribution in [0.25, 0.3) is 6.08 Å². The number of nitrogens with one attached hydrogen (secondary N) is 1. The molecule has 0 aliphatic carbocycles. The van der Waals surface area contributed by atoms with Crippen molar-refractivity contribution in [1.29, 1.82) is 0 Å². The van der Waals surface area contributed by atoms with Crippen LogP contribution in [0.4, 0.5) is 13.2 Å². The van der Waals surface area contributed by atoms with E-state index in [-0.39, 0.29) is 17.4 Å². The van der Waals surface area contributed by atoms with E-state index < -0.39 is 27.7 Å². The van der Waals surface area contributed by atoms with E-state index in [9.17, 15) is 26.4 Å². The van der Waals surface area contributed by atoms with Gasteiger partial charge in [0, 0.05) is 25.2 Å². The van der Waals surface area contributed by atoms with Gasteiger partial charge in [-0.1, -0.05) is 12.1 Å². The van der Waals surface area contributed by atoms with Gasteiger partial charge in [-0.05, 0) is 43.5 Å². The fourth-order valence-corrected chi connectivity index (χ4v) is 3.83. The van der Waals surface area contributed by atoms with E-state index in [1.54, 1.807) is 6.92 Å². The standard InChI is InChI=1S/C17H21F3N2O3S/c1-2-26(24,25)22-10-8-15(9-11-22)21-16(23)7-6-13-4-3-5-14(12-13)17(18,19)20/h3-7,12,15H,2,8-11H2,1H3,(H,21,23). The summed E-state index contributed by atoms with van der Waals surface area (Å²) >= 11 is 0. The number of nitrogens with zero attached hydrogens (tertiary/aromatic N) is 1. The summed E-state index contributed by atoms with van der Waals surface area (Å²) in [4.78, 5) is 11.9. The maximum Gasteiger partial charge on any atom is 0.416 e. The number of alkyl halides is 3. The van der Waals surface area contributed by atoms with E-state index in [2.05, 4.69) is 5.32 Å². The molecule has 1 aromatic carbocycles. The number of hydrogen-bond donors (Lipinski definition) is 1. The van der Waals surface area contributed by atoms with Crippen LogP contribution in [-0.4, -0.2) is 43.5 Å². The van der Waals surface area contributed by atoms with Gasteiger partial charge in [0.05, 0.1) is 11.3 Å². The van der Waals surface area contributed by atoms with Crippen molar-refractivity contribution in [3.05, 3.63) is 41.5 Å². The minimum atomic E-state index is -4.43. The van der Waals surface area contributed by atoms with Gasteiger partial charge in [0.15, 0.2) is 0 Å². The van der Waals surface area contributed by atoms with Crippen LogP contribution in [0.3, 0.4) is 0 Å². The van der Waals surface area contributed by atoms with Gasteiger partial charge >= 0.3 is 6.18 Å². The molecule has 0 aromatic heterocycles. The summed E-state index contributed by atoms with van der Waals surface area (Å²) in [7, 11) is -3.22. The quantitative estimate of drug-likeness (QED) is 0.786. The third-order valence-corrected chi connectivity index (χ3v) is 6.08. The smallest absolute Gasteiger partial charge is 0.350 e. The highest BCUT2D eigenvalue weighted by Gasteiger charge is 2.30. The van der Waals surface area contributed by atoms with Crippen LogP contribution in [0.2, 0.25) is 0 Å². The molecule has 1 heterocycles. The van der Waals surface area contributed by atoms with Crippen LogP contribution >= 0.6 is 0 Å². The molecule has 0 saturated carbocycles. The minimum absolute atomic E-state index is 0.0454. The SMILES string of the molecule is CCS(=O)(=O)N1CCC(NC(=O)C=Cc2cccc(C(F)(F)F)c2)CC1. The van der Waals surface area contributed by atoms with E-state index in [1.807, 2.05) is 0 Å². The molecule has 1 saturated heterocycles. The van der Waals surface area contributed by atoms with Crippen molar-refractivity contribution in [3.8, 4) is 0 Å². The van der Waals surface area contributed by atoms with Gasteiger partial charge in [-0.2, -0.15) is 13.2 Å². The maximum atomic E-state index is 12.7. The van der Waals surface area contributed by atoms with Crippen LogP contribution in [0.1, 0.15) is 30.9 Å². The molecule has 5 nitrogen and oxygen atoms in total. The largest absolute Gasteiger partial charge is 0.416 e. The molecule has 0 bridgehead atoms. The van der Waals surface area contributed by atoms with Crippen molar-refractivity contribution in [1.82, 2.24) is 9.62 Å². The molecule has 2 rings (SSSR count). The van der Waals surface area contributed by atoms with Crippen molar-refractivity contribution in [3.63, 3.8) is 0 Å². The summed E-state index contributed by atoms with van der Waals surface area (Å²) in [6.07, 6.45) is -0.921. The number of piperidine rings is 1. The van der Waals surface area contributed by atoms with Crippen molar-refractivity contribution in [2.75, 3.05) is 18.8 Å². The molecular weight excluding hydrogens is 369 g/mol. The zero-order chi connectivity index (χ0) is 19.4. The lowest BCUT2D eigenvalue weighted by molar-refractivity contribution is -0.137. The van der Waals surface area contributed by atoms with E-state index >= 15 is 0 Å². The number of benzene rings is 1. The summed E-state index contributed by atoms with van der Waals surface area (Å²) in [6.45, 7) is 2.28. The number of amides is 1. The van der Waals surface area contributed by atoms with Crippen molar-refractivity contribution < 1.29 is 26.4 Å². The fourth-order valence-electron chi connectivity index (χ4n) is 2.70. The Morgan fingerprint density at radius 1 is 1.31 bits per heavy atom. The molecule has 0 spiro atoms. The van der Waals surface area contributed by atoms with Crippen LogP contribution in [0.5, 0.6) is 0 Å². The molecule has 0 radical (unpaired) electrons. The van der Waals surface area contributed by atoms with Crippen molar-refractivity contribution >= 4 is 22.0 Å². The molecule has 0 unspecified atom stereocenters. The first-order valence-corrected chi connectivity index (χ1v) is 9.86. The average Bonchev–Trinajstić information content (AvgIpc) is 2.60. The van der Waals surface area contributed by atoms with Crippen LogP contribution in [-0.2, 0) is 21.0 Å². The Balaban J connectivity index is 1.89. The molecule has 1 aliphatic rings. The van der Waals surface area contributed by atoms with Gasteiger partial charge < -0.3 is 5.32 Å². The Morgan fingerprint density at radius 2 is 1.96 bits per heavy atom. The first kappa shape index (κ1) is 20.4. The van der Waals surface area contributed by atoms with Crippen molar-refractivity contribution in [2.24, 2.45) is 0 Å². The number of carbonyl (C=O) groups is 1. The summed E-state index contributed by atoms with van der Waals surface area (Å²) < 4.78 is 63.0. The Hall–Kier alpha value is -1.87. The predicted octanol–water partition coefficient (Wildman–Crippen LogP) is 2.65. The predicted molar refractivity (Wildman–Crippen MR) is 92.7 cm³/mol. The molecule has 1 aromatic rings. The highest BCUT2D eigenvalue weighted by molar-refractivity contribution is 7.89. The summed E-state index contributed by atoms with van der Waals surface area (Å²) in [5.41, 5.74) is -0.497. The van der Waals surface area contributed by atoms with E-state index in [1.165, 1.54) is 28.6 Å². The topological polar surface area (TPSA) is 66.5 Å². The second-order valence-corrected chi connectivity index (χ2v) is 8.30. The highest BCUT2D eigenvalue weighted by atomic mass is 32.2. The van der Waals surface area contributed by atoms with Gasteiger partial charge in [-0.15, -0.1) is 0 Å². The number of carbonyl (C=O) groups excluding carboxylic acids is 1. The molecule has 1 fully saturated rings. The first-order chi connectivity index (χ1) is 12.1. The lowest BCUT2D eigenvalue weighted by Crippen LogP contribution is -2.46. The Bertz CT molecular complexity index is 768. The molecular formula is C17H21F3N2O3S. The zero-order valence-electron chi connectivity index (χ0n) is 14.3. The third-order valence-electron chi connectivity index (χ3n) is 4.20. The Morgan fingerprint density at radius 3 is 2.54 bits per heavy atom. The normalized spacial score (nSPS) is 17.5. The van der Waals surface area contributed by atoms with Crippen LogP contribution < -0.4 is 5.32 Å². The monoisotopic (exact) mass is 390 g/mol. The first-order valence-electron chi connectivity index (χ1n) is 8.25. The second-order valence-electron chi connectivity index (χ2n) is 6.04. The van der Waals surface area contributed by atoms with E-state index in [4.69, 9.17) is 0 Å². The number of halogens is 3.